The van der Waals surface area contributed by atoms with E-state index in [4.69, 9.17) is 10.2 Å². The normalized spacial score (nSPS) is 16.8. The topological polar surface area (TPSA) is 76.4 Å². The number of nitrogens with one attached hydrogen (secondary N) is 1. The van der Waals surface area contributed by atoms with E-state index in [9.17, 15) is 0 Å². The van der Waals surface area contributed by atoms with Gasteiger partial charge in [-0.3, -0.25) is 0 Å². The minimum Gasteiger partial charge on any atom is -0.444 e. The standard InChI is InChI=1S/C19H26N4O/c1-14-8-10-15(11-9-14)18-22-17(13-24-18)12-21-19(20)23-16-6-4-2-3-5-7-16/h8-11,13,16H,2-7,12H2,1H3,(H3,20,21,23). The summed E-state index contributed by atoms with van der Waals surface area (Å²) < 4.78 is 5.55. The molecule has 1 aliphatic rings. The molecule has 1 aromatic carbocycles. The first-order valence-corrected chi connectivity index (χ1v) is 8.78. The quantitative estimate of drug-likeness (QED) is 0.509. The van der Waals surface area contributed by atoms with Crippen molar-refractivity contribution in [1.82, 2.24) is 10.3 Å². The maximum Gasteiger partial charge on any atom is 0.226 e. The molecule has 1 aromatic heterocycles. The monoisotopic (exact) mass is 326 g/mol. The molecule has 0 bridgehead atoms. The van der Waals surface area contributed by atoms with Gasteiger partial charge >= 0.3 is 0 Å². The molecule has 5 nitrogen and oxygen atoms in total. The van der Waals surface area contributed by atoms with Crippen LogP contribution in [0.5, 0.6) is 0 Å². The second-order valence-corrected chi connectivity index (χ2v) is 6.54. The van der Waals surface area contributed by atoms with E-state index in [1.165, 1.54) is 44.1 Å². The highest BCUT2D eigenvalue weighted by atomic mass is 16.3. The van der Waals surface area contributed by atoms with Gasteiger partial charge in [-0.25, -0.2) is 9.98 Å². The summed E-state index contributed by atoms with van der Waals surface area (Å²) in [5.41, 5.74) is 8.99. The summed E-state index contributed by atoms with van der Waals surface area (Å²) >= 11 is 0. The summed E-state index contributed by atoms with van der Waals surface area (Å²) in [5.74, 6) is 1.12. The number of oxazole rings is 1. The molecule has 0 radical (unpaired) electrons. The van der Waals surface area contributed by atoms with Crippen LogP contribution < -0.4 is 11.1 Å². The minimum absolute atomic E-state index is 0.431. The predicted octanol–water partition coefficient (Wildman–Crippen LogP) is 3.78. The van der Waals surface area contributed by atoms with Crippen molar-refractivity contribution in [2.24, 2.45) is 10.7 Å². The molecule has 1 aliphatic carbocycles. The van der Waals surface area contributed by atoms with E-state index in [2.05, 4.69) is 22.2 Å². The van der Waals surface area contributed by atoms with Crippen molar-refractivity contribution in [1.29, 1.82) is 0 Å². The SMILES string of the molecule is Cc1ccc(-c2nc(CN=C(N)NC3CCCCCC3)co2)cc1. The zero-order chi connectivity index (χ0) is 16.8. The molecule has 0 unspecified atom stereocenters. The number of rotatable bonds is 4. The molecule has 0 amide bonds. The van der Waals surface area contributed by atoms with Crippen LogP contribution in [0.25, 0.3) is 11.5 Å². The first-order chi connectivity index (χ1) is 11.7. The van der Waals surface area contributed by atoms with Crippen molar-refractivity contribution in [3.8, 4) is 11.5 Å². The van der Waals surface area contributed by atoms with E-state index in [1.807, 2.05) is 24.3 Å². The number of aliphatic imine (C=N–C) groups is 1. The van der Waals surface area contributed by atoms with Gasteiger partial charge < -0.3 is 15.5 Å². The van der Waals surface area contributed by atoms with Gasteiger partial charge in [0, 0.05) is 11.6 Å². The summed E-state index contributed by atoms with van der Waals surface area (Å²) in [6, 6.07) is 8.57. The van der Waals surface area contributed by atoms with Gasteiger partial charge in [0.2, 0.25) is 5.89 Å². The fraction of sp³-hybridized carbons (Fsp3) is 0.474. The van der Waals surface area contributed by atoms with E-state index < -0.39 is 0 Å². The maximum atomic E-state index is 6.02. The third kappa shape index (κ3) is 4.60. The molecule has 128 valence electrons. The summed E-state index contributed by atoms with van der Waals surface area (Å²) in [6.07, 6.45) is 9.21. The van der Waals surface area contributed by atoms with Crippen molar-refractivity contribution in [3.05, 3.63) is 41.8 Å². The van der Waals surface area contributed by atoms with Crippen LogP contribution in [0.4, 0.5) is 0 Å². The highest BCUT2D eigenvalue weighted by molar-refractivity contribution is 5.78. The zero-order valence-corrected chi connectivity index (χ0v) is 14.3. The van der Waals surface area contributed by atoms with Crippen LogP contribution in [0.15, 0.2) is 39.9 Å². The molecule has 3 rings (SSSR count). The second-order valence-electron chi connectivity index (χ2n) is 6.54. The van der Waals surface area contributed by atoms with Crippen molar-refractivity contribution in [2.45, 2.75) is 58.0 Å². The number of nitrogens with zero attached hydrogens (tertiary/aromatic N) is 2. The molecule has 1 saturated carbocycles. The number of aromatic nitrogens is 1. The Labute approximate surface area is 143 Å². The Morgan fingerprint density at radius 1 is 1.21 bits per heavy atom. The fourth-order valence-electron chi connectivity index (χ4n) is 3.05. The van der Waals surface area contributed by atoms with Crippen molar-refractivity contribution < 1.29 is 4.42 Å². The molecular weight excluding hydrogens is 300 g/mol. The Balaban J connectivity index is 1.56. The van der Waals surface area contributed by atoms with E-state index in [0.717, 1.165) is 11.3 Å². The zero-order valence-electron chi connectivity index (χ0n) is 14.3. The highest BCUT2D eigenvalue weighted by Gasteiger charge is 2.12. The summed E-state index contributed by atoms with van der Waals surface area (Å²) in [6.45, 7) is 2.49. The molecule has 1 fully saturated rings. The first-order valence-electron chi connectivity index (χ1n) is 8.78. The molecular formula is C19H26N4O. The molecule has 0 saturated heterocycles. The number of hydrogen-bond acceptors (Lipinski definition) is 3. The average Bonchev–Trinajstić information content (AvgIpc) is 2.91. The Hall–Kier alpha value is -2.30. The Morgan fingerprint density at radius 3 is 2.62 bits per heavy atom. The van der Waals surface area contributed by atoms with E-state index in [0.29, 0.717) is 24.4 Å². The molecule has 5 heteroatoms. The lowest BCUT2D eigenvalue weighted by Crippen LogP contribution is -2.39. The van der Waals surface area contributed by atoms with Gasteiger partial charge in [-0.15, -0.1) is 0 Å². The Morgan fingerprint density at radius 2 is 1.92 bits per heavy atom. The number of hydrogen-bond donors (Lipinski definition) is 2. The number of aryl methyl sites for hydroxylation is 1. The Kier molecular flexibility index (Phi) is 5.51. The van der Waals surface area contributed by atoms with Gasteiger partial charge in [-0.1, -0.05) is 43.4 Å². The lowest BCUT2D eigenvalue weighted by Gasteiger charge is -2.16. The third-order valence-corrected chi connectivity index (χ3v) is 4.47. The molecule has 2 aromatic rings. The first kappa shape index (κ1) is 16.6. The predicted molar refractivity (Wildman–Crippen MR) is 96.6 cm³/mol. The van der Waals surface area contributed by atoms with Gasteiger partial charge in [0.15, 0.2) is 5.96 Å². The molecule has 3 N–H and O–H groups in total. The van der Waals surface area contributed by atoms with Crippen LogP contribution in [-0.4, -0.2) is 17.0 Å². The van der Waals surface area contributed by atoms with Gasteiger partial charge in [-0.05, 0) is 31.9 Å². The fourth-order valence-corrected chi connectivity index (χ4v) is 3.05. The second kappa shape index (κ2) is 7.99. The van der Waals surface area contributed by atoms with Crippen molar-refractivity contribution in [3.63, 3.8) is 0 Å². The lowest BCUT2D eigenvalue weighted by molar-refractivity contribution is 0.530. The number of nitrogens with two attached hydrogens (primary N) is 1. The van der Waals surface area contributed by atoms with Crippen molar-refractivity contribution in [2.75, 3.05) is 0 Å². The van der Waals surface area contributed by atoms with E-state index in [-0.39, 0.29) is 0 Å². The highest BCUT2D eigenvalue weighted by Crippen LogP contribution is 2.19. The van der Waals surface area contributed by atoms with Crippen LogP contribution in [0.1, 0.15) is 49.8 Å². The number of guanidine groups is 1. The smallest absolute Gasteiger partial charge is 0.226 e. The molecule has 0 aliphatic heterocycles. The minimum atomic E-state index is 0.431. The van der Waals surface area contributed by atoms with Crippen molar-refractivity contribution >= 4 is 5.96 Å². The summed E-state index contributed by atoms with van der Waals surface area (Å²) in [7, 11) is 0. The van der Waals surface area contributed by atoms with Crippen LogP contribution >= 0.6 is 0 Å². The van der Waals surface area contributed by atoms with E-state index in [1.54, 1.807) is 6.26 Å². The van der Waals surface area contributed by atoms with Crippen LogP contribution in [0.2, 0.25) is 0 Å². The van der Waals surface area contributed by atoms with Crippen LogP contribution in [0.3, 0.4) is 0 Å². The van der Waals surface area contributed by atoms with Crippen LogP contribution in [-0.2, 0) is 6.54 Å². The van der Waals surface area contributed by atoms with Crippen LogP contribution in [0, 0.1) is 6.92 Å². The van der Waals surface area contributed by atoms with Gasteiger partial charge in [-0.2, -0.15) is 0 Å². The maximum absolute atomic E-state index is 6.02. The number of benzene rings is 1. The summed E-state index contributed by atoms with van der Waals surface area (Å²) in [4.78, 5) is 8.89. The Bertz CT molecular complexity index is 667. The van der Waals surface area contributed by atoms with Gasteiger partial charge in [0.1, 0.15) is 12.0 Å². The molecule has 24 heavy (non-hydrogen) atoms. The largest absolute Gasteiger partial charge is 0.444 e. The van der Waals surface area contributed by atoms with E-state index >= 15 is 0 Å². The molecule has 1 heterocycles. The summed E-state index contributed by atoms with van der Waals surface area (Å²) in [5, 5.41) is 3.34. The third-order valence-electron chi connectivity index (χ3n) is 4.47. The molecule has 0 atom stereocenters. The average molecular weight is 326 g/mol. The molecule has 0 spiro atoms. The van der Waals surface area contributed by atoms with Gasteiger partial charge in [0.25, 0.3) is 0 Å². The lowest BCUT2D eigenvalue weighted by atomic mass is 10.1. The van der Waals surface area contributed by atoms with Gasteiger partial charge in [0.05, 0.1) is 6.54 Å².